The number of nitrogens with one attached hydrogen (secondary N) is 2. The summed E-state index contributed by atoms with van der Waals surface area (Å²) in [6.45, 7) is 0. The first kappa shape index (κ1) is 19.1. The van der Waals surface area contributed by atoms with Gasteiger partial charge in [-0.05, 0) is 23.8 Å². The van der Waals surface area contributed by atoms with Crippen LogP contribution >= 0.6 is 0 Å². The predicted octanol–water partition coefficient (Wildman–Crippen LogP) is 2.32. The number of amides is 2. The number of aromatic nitrogens is 4. The number of nitrogens with two attached hydrogens (primary N) is 1. The molecule has 8 nitrogen and oxygen atoms in total. The van der Waals surface area contributed by atoms with E-state index in [9.17, 15) is 9.59 Å². The number of hydrogen-bond acceptors (Lipinski definition) is 4. The van der Waals surface area contributed by atoms with Crippen molar-refractivity contribution in [1.29, 1.82) is 0 Å². The smallest absolute Gasteiger partial charge is 0.249 e. The summed E-state index contributed by atoms with van der Waals surface area (Å²) in [6, 6.07) is 14.9. The van der Waals surface area contributed by atoms with Crippen molar-refractivity contribution in [2.45, 2.75) is 6.42 Å². The minimum atomic E-state index is -0.564. The highest BCUT2D eigenvalue weighted by Crippen LogP contribution is 2.35. The van der Waals surface area contributed by atoms with Crippen molar-refractivity contribution in [2.75, 3.05) is 7.05 Å². The Morgan fingerprint density at radius 2 is 1.93 bits per heavy atom. The molecule has 150 valence electrons. The molecule has 0 aliphatic rings. The number of H-pyrrole nitrogens is 1. The fourth-order valence-electron chi connectivity index (χ4n) is 3.37. The van der Waals surface area contributed by atoms with Crippen LogP contribution < -0.4 is 11.1 Å². The maximum absolute atomic E-state index is 12.3. The fourth-order valence-corrected chi connectivity index (χ4v) is 3.37. The molecule has 0 saturated heterocycles. The molecule has 2 aromatic heterocycles. The molecular formula is C22H20N6O2. The van der Waals surface area contributed by atoms with E-state index in [4.69, 9.17) is 10.7 Å². The fraction of sp³-hybridized carbons (Fsp3) is 0.0909. The molecule has 2 aromatic carbocycles. The summed E-state index contributed by atoms with van der Waals surface area (Å²) in [4.78, 5) is 29.0. The van der Waals surface area contributed by atoms with Crippen LogP contribution in [0.2, 0.25) is 0 Å². The second-order valence-electron chi connectivity index (χ2n) is 6.69. The molecule has 0 fully saturated rings. The lowest BCUT2D eigenvalue weighted by molar-refractivity contribution is -0.120. The molecule has 2 amide bonds. The number of likely N-dealkylation sites (N-methyl/N-ethyl adjacent to an activating group) is 1. The van der Waals surface area contributed by atoms with E-state index in [2.05, 4.69) is 15.5 Å². The number of carbonyl (C=O) groups is 2. The molecule has 4 aromatic rings. The van der Waals surface area contributed by atoms with Gasteiger partial charge in [0.2, 0.25) is 11.8 Å². The number of nitrogens with zero attached hydrogens (tertiary/aromatic N) is 3. The summed E-state index contributed by atoms with van der Waals surface area (Å²) < 4.78 is 1.86. The Hall–Kier alpha value is -4.20. The second kappa shape index (κ2) is 8.04. The third-order valence-corrected chi connectivity index (χ3v) is 4.77. The topological polar surface area (TPSA) is 119 Å². The van der Waals surface area contributed by atoms with Gasteiger partial charge in [-0.2, -0.15) is 5.10 Å². The molecule has 0 unspecified atom stereocenters. The molecule has 0 atom stereocenters. The zero-order valence-electron chi connectivity index (χ0n) is 16.3. The Morgan fingerprint density at radius 3 is 2.60 bits per heavy atom. The third kappa shape index (κ3) is 3.58. The van der Waals surface area contributed by atoms with Crippen molar-refractivity contribution in [2.24, 2.45) is 5.73 Å². The van der Waals surface area contributed by atoms with E-state index in [0.29, 0.717) is 22.6 Å². The Balaban J connectivity index is 2.00. The van der Waals surface area contributed by atoms with E-state index in [0.717, 1.165) is 16.8 Å². The maximum Gasteiger partial charge on any atom is 0.249 e. The first-order valence-corrected chi connectivity index (χ1v) is 9.35. The van der Waals surface area contributed by atoms with E-state index in [1.165, 1.54) is 0 Å². The highest BCUT2D eigenvalue weighted by molar-refractivity contribution is 6.03. The number of hydrogen-bond donors (Lipinski definition) is 3. The van der Waals surface area contributed by atoms with Crippen molar-refractivity contribution in [3.63, 3.8) is 0 Å². The second-order valence-corrected chi connectivity index (χ2v) is 6.69. The number of imidazole rings is 1. The van der Waals surface area contributed by atoms with Crippen molar-refractivity contribution in [3.05, 3.63) is 78.4 Å². The van der Waals surface area contributed by atoms with Gasteiger partial charge in [-0.15, -0.1) is 0 Å². The van der Waals surface area contributed by atoms with Gasteiger partial charge >= 0.3 is 0 Å². The lowest BCUT2D eigenvalue weighted by Crippen LogP contribution is -2.20. The monoisotopic (exact) mass is 400 g/mol. The average molecular weight is 400 g/mol. The molecule has 4 N–H and O–H groups in total. The lowest BCUT2D eigenvalue weighted by atomic mass is 9.96. The van der Waals surface area contributed by atoms with E-state index in [-0.39, 0.29) is 12.3 Å². The summed E-state index contributed by atoms with van der Waals surface area (Å²) in [7, 11) is 1.58. The molecule has 0 aliphatic carbocycles. The van der Waals surface area contributed by atoms with E-state index >= 15 is 0 Å². The summed E-state index contributed by atoms with van der Waals surface area (Å²) in [5.74, 6) is -0.200. The maximum atomic E-state index is 12.3. The van der Waals surface area contributed by atoms with Crippen LogP contribution in [0.25, 0.3) is 28.2 Å². The molecule has 0 spiro atoms. The zero-order valence-corrected chi connectivity index (χ0v) is 16.3. The average Bonchev–Trinajstić information content (AvgIpc) is 3.44. The van der Waals surface area contributed by atoms with Gasteiger partial charge in [0.05, 0.1) is 23.9 Å². The largest absolute Gasteiger partial charge is 0.366 e. The van der Waals surface area contributed by atoms with Crippen LogP contribution in [0.15, 0.2) is 67.1 Å². The zero-order chi connectivity index (χ0) is 21.1. The standard InChI is InChI=1S/C22H20N6O2/c1-24-19(29)10-15-13-28(16-6-3-2-4-7-16)22(27-15)20-17(14-11-25-26-12-14)8-5-9-18(20)21(23)30/h2-9,11-13H,10H2,1H3,(H2,23,30)(H,24,29)(H,25,26). The van der Waals surface area contributed by atoms with Crippen molar-refractivity contribution >= 4 is 11.8 Å². The van der Waals surface area contributed by atoms with Crippen LogP contribution in [0, 0.1) is 0 Å². The lowest BCUT2D eigenvalue weighted by Gasteiger charge is -2.14. The van der Waals surface area contributed by atoms with Crippen LogP contribution in [0.4, 0.5) is 0 Å². The molecule has 0 radical (unpaired) electrons. The van der Waals surface area contributed by atoms with Crippen LogP contribution in [0.3, 0.4) is 0 Å². The molecule has 30 heavy (non-hydrogen) atoms. The summed E-state index contributed by atoms with van der Waals surface area (Å²) in [5, 5.41) is 9.43. The molecule has 0 saturated carbocycles. The Bertz CT molecular complexity index is 1200. The highest BCUT2D eigenvalue weighted by atomic mass is 16.1. The first-order chi connectivity index (χ1) is 14.6. The van der Waals surface area contributed by atoms with E-state index < -0.39 is 5.91 Å². The molecule has 2 heterocycles. The van der Waals surface area contributed by atoms with Crippen LogP contribution in [0.1, 0.15) is 16.1 Å². The molecular weight excluding hydrogens is 380 g/mol. The molecule has 0 aliphatic heterocycles. The Morgan fingerprint density at radius 1 is 1.13 bits per heavy atom. The number of rotatable bonds is 6. The number of carbonyl (C=O) groups excluding carboxylic acids is 2. The Labute approximate surface area is 172 Å². The molecule has 8 heteroatoms. The van der Waals surface area contributed by atoms with Gasteiger partial charge < -0.3 is 11.1 Å². The number of benzene rings is 2. The quantitative estimate of drug-likeness (QED) is 0.460. The van der Waals surface area contributed by atoms with Gasteiger partial charge in [-0.25, -0.2) is 4.98 Å². The molecule has 4 rings (SSSR count). The normalized spacial score (nSPS) is 10.7. The van der Waals surface area contributed by atoms with Crippen molar-refractivity contribution in [1.82, 2.24) is 25.1 Å². The number of para-hydroxylation sites is 1. The minimum absolute atomic E-state index is 0.114. The SMILES string of the molecule is CNC(=O)Cc1cn(-c2ccccc2)c(-c2c(C(N)=O)cccc2-c2cn[nH]c2)n1. The number of aromatic amines is 1. The molecule has 0 bridgehead atoms. The van der Waals surface area contributed by atoms with Crippen molar-refractivity contribution < 1.29 is 9.59 Å². The third-order valence-electron chi connectivity index (χ3n) is 4.77. The van der Waals surface area contributed by atoms with Gasteiger partial charge in [0.25, 0.3) is 0 Å². The predicted molar refractivity (Wildman–Crippen MR) is 113 cm³/mol. The number of primary amides is 1. The van der Waals surface area contributed by atoms with Gasteiger partial charge in [-0.3, -0.25) is 19.3 Å². The Kier molecular flexibility index (Phi) is 5.13. The van der Waals surface area contributed by atoms with Crippen LogP contribution in [0.5, 0.6) is 0 Å². The van der Waals surface area contributed by atoms with Crippen LogP contribution in [-0.4, -0.2) is 38.6 Å². The van der Waals surface area contributed by atoms with Gasteiger partial charge in [-0.1, -0.05) is 30.3 Å². The highest BCUT2D eigenvalue weighted by Gasteiger charge is 2.22. The van der Waals surface area contributed by atoms with Gasteiger partial charge in [0.15, 0.2) is 0 Å². The van der Waals surface area contributed by atoms with E-state index in [1.807, 2.05) is 41.0 Å². The van der Waals surface area contributed by atoms with Crippen molar-refractivity contribution in [3.8, 4) is 28.2 Å². The summed E-state index contributed by atoms with van der Waals surface area (Å²) >= 11 is 0. The van der Waals surface area contributed by atoms with Gasteiger partial charge in [0, 0.05) is 36.3 Å². The summed E-state index contributed by atoms with van der Waals surface area (Å²) in [5.41, 5.74) is 9.60. The van der Waals surface area contributed by atoms with Crippen LogP contribution in [-0.2, 0) is 11.2 Å². The first-order valence-electron chi connectivity index (χ1n) is 9.35. The summed E-state index contributed by atoms with van der Waals surface area (Å²) in [6.07, 6.45) is 5.33. The van der Waals surface area contributed by atoms with E-state index in [1.54, 1.807) is 37.8 Å². The van der Waals surface area contributed by atoms with Gasteiger partial charge in [0.1, 0.15) is 5.82 Å². The minimum Gasteiger partial charge on any atom is -0.366 e.